The number of hydrazone groups is 1. The molecule has 0 saturated heterocycles. The first-order chi connectivity index (χ1) is 11.5. The van der Waals surface area contributed by atoms with Crippen molar-refractivity contribution >= 4 is 16.2 Å². The minimum Gasteiger partial charge on any atom is -0.496 e. The van der Waals surface area contributed by atoms with Crippen LogP contribution in [0.4, 0.5) is 0 Å². The van der Waals surface area contributed by atoms with Crippen LogP contribution in [0.3, 0.4) is 0 Å². The maximum Gasteiger partial charge on any atom is 0.276 e. The number of aryl methyl sites for hydroxylation is 1. The Morgan fingerprint density at radius 3 is 2.54 bits per heavy atom. The Balaban J connectivity index is 2.22. The van der Waals surface area contributed by atoms with Crippen LogP contribution in [0, 0.1) is 6.92 Å². The van der Waals surface area contributed by atoms with Gasteiger partial charge in [-0.1, -0.05) is 35.9 Å². The molecule has 0 saturated carbocycles. The Bertz CT molecular complexity index is 841. The smallest absolute Gasteiger partial charge is 0.276 e. The normalized spacial score (nSPS) is 11.4. The molecule has 0 atom stereocenters. The Labute approximate surface area is 142 Å². The molecule has 0 aliphatic heterocycles. The standard InChI is InChI=1S/C18H20N2O3S/c1-4-6-17-15(7-5-8-18(17)23-3)13-19-20-24(21,22)16-11-9-14(2)10-12-16/h4-5,7-13,20H,1,6H2,2-3H3. The van der Waals surface area contributed by atoms with E-state index in [1.807, 2.05) is 25.1 Å². The highest BCUT2D eigenvalue weighted by molar-refractivity contribution is 7.89. The third kappa shape index (κ3) is 4.23. The predicted octanol–water partition coefficient (Wildman–Crippen LogP) is 3.04. The summed E-state index contributed by atoms with van der Waals surface area (Å²) >= 11 is 0. The van der Waals surface area contributed by atoms with Crippen molar-refractivity contribution in [1.82, 2.24) is 4.83 Å². The van der Waals surface area contributed by atoms with E-state index in [-0.39, 0.29) is 4.90 Å². The topological polar surface area (TPSA) is 67.8 Å². The second-order valence-corrected chi connectivity index (χ2v) is 6.85. The fourth-order valence-corrected chi connectivity index (χ4v) is 2.98. The molecule has 2 aromatic carbocycles. The first-order valence-corrected chi connectivity index (χ1v) is 8.84. The van der Waals surface area contributed by atoms with Gasteiger partial charge in [0.15, 0.2) is 0 Å². The van der Waals surface area contributed by atoms with E-state index >= 15 is 0 Å². The van der Waals surface area contributed by atoms with E-state index in [2.05, 4.69) is 16.5 Å². The van der Waals surface area contributed by atoms with E-state index in [9.17, 15) is 8.42 Å². The van der Waals surface area contributed by atoms with Crippen molar-refractivity contribution < 1.29 is 13.2 Å². The molecule has 0 unspecified atom stereocenters. The lowest BCUT2D eigenvalue weighted by Gasteiger charge is -2.09. The quantitative estimate of drug-likeness (QED) is 0.477. The van der Waals surface area contributed by atoms with Crippen molar-refractivity contribution in [3.8, 4) is 5.75 Å². The lowest BCUT2D eigenvalue weighted by atomic mass is 10.0. The molecule has 0 aromatic heterocycles. The van der Waals surface area contributed by atoms with E-state index in [1.54, 1.807) is 37.5 Å². The van der Waals surface area contributed by atoms with Crippen molar-refractivity contribution in [2.24, 2.45) is 5.10 Å². The van der Waals surface area contributed by atoms with Gasteiger partial charge in [0.2, 0.25) is 0 Å². The zero-order chi connectivity index (χ0) is 17.6. The molecule has 0 radical (unpaired) electrons. The third-order valence-electron chi connectivity index (χ3n) is 3.45. The minimum absolute atomic E-state index is 0.169. The van der Waals surface area contributed by atoms with Crippen molar-refractivity contribution in [1.29, 1.82) is 0 Å². The predicted molar refractivity (Wildman–Crippen MR) is 96.0 cm³/mol. The highest BCUT2D eigenvalue weighted by Crippen LogP contribution is 2.22. The van der Waals surface area contributed by atoms with Gasteiger partial charge in [-0.3, -0.25) is 0 Å². The molecule has 0 aliphatic carbocycles. The average Bonchev–Trinajstić information content (AvgIpc) is 2.56. The summed E-state index contributed by atoms with van der Waals surface area (Å²) in [4.78, 5) is 2.39. The number of nitrogens with one attached hydrogen (secondary N) is 1. The Kier molecular flexibility index (Phi) is 5.76. The summed E-state index contributed by atoms with van der Waals surface area (Å²) in [6, 6.07) is 12.1. The Morgan fingerprint density at radius 2 is 1.92 bits per heavy atom. The zero-order valence-corrected chi connectivity index (χ0v) is 14.5. The lowest BCUT2D eigenvalue weighted by molar-refractivity contribution is 0.410. The molecule has 0 bridgehead atoms. The summed E-state index contributed by atoms with van der Waals surface area (Å²) in [6.07, 6.45) is 3.81. The Morgan fingerprint density at radius 1 is 1.21 bits per heavy atom. The molecule has 5 nitrogen and oxygen atoms in total. The van der Waals surface area contributed by atoms with Gasteiger partial charge in [-0.25, -0.2) is 4.83 Å². The van der Waals surface area contributed by atoms with Gasteiger partial charge < -0.3 is 4.74 Å². The van der Waals surface area contributed by atoms with Crippen molar-refractivity contribution in [3.05, 3.63) is 71.8 Å². The fourth-order valence-electron chi connectivity index (χ4n) is 2.19. The summed E-state index contributed by atoms with van der Waals surface area (Å²) in [7, 11) is -2.10. The van der Waals surface area contributed by atoms with E-state index in [0.717, 1.165) is 16.7 Å². The van der Waals surface area contributed by atoms with E-state index in [4.69, 9.17) is 4.74 Å². The maximum atomic E-state index is 12.2. The van der Waals surface area contributed by atoms with Crippen LogP contribution in [-0.2, 0) is 16.4 Å². The summed E-state index contributed by atoms with van der Waals surface area (Å²) in [5.74, 6) is 0.709. The van der Waals surface area contributed by atoms with Crippen LogP contribution in [0.15, 0.2) is 65.1 Å². The first-order valence-electron chi connectivity index (χ1n) is 7.36. The molecule has 1 N–H and O–H groups in total. The van der Waals surface area contributed by atoms with Crippen LogP contribution in [0.5, 0.6) is 5.75 Å². The summed E-state index contributed by atoms with van der Waals surface area (Å²) in [5, 5.41) is 3.88. The SMILES string of the molecule is C=CCc1c(C=NNS(=O)(=O)c2ccc(C)cc2)cccc1OC. The van der Waals surface area contributed by atoms with Crippen molar-refractivity contribution in [2.75, 3.05) is 7.11 Å². The van der Waals surface area contributed by atoms with Crippen LogP contribution < -0.4 is 9.57 Å². The van der Waals surface area contributed by atoms with E-state index < -0.39 is 10.0 Å². The fraction of sp³-hybridized carbons (Fsp3) is 0.167. The molecule has 0 fully saturated rings. The molecule has 6 heteroatoms. The van der Waals surface area contributed by atoms with Gasteiger partial charge in [-0.05, 0) is 31.5 Å². The second kappa shape index (κ2) is 7.79. The van der Waals surface area contributed by atoms with Gasteiger partial charge in [-0.15, -0.1) is 6.58 Å². The van der Waals surface area contributed by atoms with Crippen LogP contribution in [0.25, 0.3) is 0 Å². The molecule has 24 heavy (non-hydrogen) atoms. The van der Waals surface area contributed by atoms with Crippen LogP contribution >= 0.6 is 0 Å². The molecular weight excluding hydrogens is 324 g/mol. The van der Waals surface area contributed by atoms with E-state index in [1.165, 1.54) is 6.21 Å². The summed E-state index contributed by atoms with van der Waals surface area (Å²) < 4.78 is 29.7. The molecule has 0 heterocycles. The van der Waals surface area contributed by atoms with Gasteiger partial charge in [-0.2, -0.15) is 13.5 Å². The zero-order valence-electron chi connectivity index (χ0n) is 13.7. The van der Waals surface area contributed by atoms with Crippen molar-refractivity contribution in [3.63, 3.8) is 0 Å². The summed E-state index contributed by atoms with van der Waals surface area (Å²) in [6.45, 7) is 5.62. The molecule has 0 aliphatic rings. The molecule has 2 aromatic rings. The second-order valence-electron chi connectivity index (χ2n) is 5.19. The molecule has 126 valence electrons. The number of rotatable bonds is 7. The number of hydrogen-bond acceptors (Lipinski definition) is 4. The largest absolute Gasteiger partial charge is 0.496 e. The first kappa shape index (κ1) is 17.7. The summed E-state index contributed by atoms with van der Waals surface area (Å²) in [5.41, 5.74) is 2.65. The molecule has 0 amide bonds. The van der Waals surface area contributed by atoms with Crippen LogP contribution in [0.2, 0.25) is 0 Å². The molecule has 2 rings (SSSR count). The van der Waals surface area contributed by atoms with Gasteiger partial charge in [0.1, 0.15) is 5.75 Å². The highest BCUT2D eigenvalue weighted by Gasteiger charge is 2.12. The van der Waals surface area contributed by atoms with Crippen LogP contribution in [-0.4, -0.2) is 21.7 Å². The Hall–Kier alpha value is -2.60. The number of benzene rings is 2. The van der Waals surface area contributed by atoms with Gasteiger partial charge in [0, 0.05) is 11.1 Å². The number of methoxy groups -OCH3 is 1. The lowest BCUT2D eigenvalue weighted by Crippen LogP contribution is -2.18. The van der Waals surface area contributed by atoms with Crippen molar-refractivity contribution in [2.45, 2.75) is 18.2 Å². The number of allylic oxidation sites excluding steroid dienone is 1. The monoisotopic (exact) mass is 344 g/mol. The number of sulfonamides is 1. The minimum atomic E-state index is -3.69. The highest BCUT2D eigenvalue weighted by atomic mass is 32.2. The van der Waals surface area contributed by atoms with Gasteiger partial charge >= 0.3 is 0 Å². The molecule has 0 spiro atoms. The van der Waals surface area contributed by atoms with Gasteiger partial charge in [0.25, 0.3) is 10.0 Å². The number of ether oxygens (including phenoxy) is 1. The third-order valence-corrected chi connectivity index (χ3v) is 4.68. The van der Waals surface area contributed by atoms with Crippen LogP contribution in [0.1, 0.15) is 16.7 Å². The number of nitrogens with zero attached hydrogens (tertiary/aromatic N) is 1. The van der Waals surface area contributed by atoms with Gasteiger partial charge in [0.05, 0.1) is 18.2 Å². The number of hydrogen-bond donors (Lipinski definition) is 1. The average molecular weight is 344 g/mol. The maximum absolute atomic E-state index is 12.2. The van der Waals surface area contributed by atoms with E-state index in [0.29, 0.717) is 12.2 Å². The molecular formula is C18H20N2O3S.